The lowest BCUT2D eigenvalue weighted by molar-refractivity contribution is -0.129. The summed E-state index contributed by atoms with van der Waals surface area (Å²) in [4.78, 5) is 20.5. The molecule has 1 heterocycles. The van der Waals surface area contributed by atoms with Gasteiger partial charge in [0, 0.05) is 11.5 Å². The molecule has 1 N–H and O–H groups in total. The van der Waals surface area contributed by atoms with E-state index in [1.54, 1.807) is 11.6 Å². The predicted octanol–water partition coefficient (Wildman–Crippen LogP) is 2.40. The number of carbonyl (C=O) groups is 1. The third kappa shape index (κ3) is 4.12. The number of nitrogens with zero attached hydrogens (tertiary/aromatic N) is 1. The number of aromatic nitrogens is 1. The molecule has 0 fully saturated rings. The van der Waals surface area contributed by atoms with E-state index in [2.05, 4.69) is 10.5 Å². The molecule has 1 aromatic carbocycles. The smallest absolute Gasteiger partial charge is 0.267 e. The first-order valence-electron chi connectivity index (χ1n) is 5.36. The highest BCUT2D eigenvalue weighted by Gasteiger charge is 1.96. The van der Waals surface area contributed by atoms with Crippen LogP contribution in [0.15, 0.2) is 47.3 Å². The molecule has 0 unspecified atom stereocenters. The number of hydroxylamine groups is 1. The molecule has 0 saturated carbocycles. The zero-order valence-electron chi connectivity index (χ0n) is 9.58. The summed E-state index contributed by atoms with van der Waals surface area (Å²) >= 11 is 1.48. The van der Waals surface area contributed by atoms with Crippen LogP contribution in [0.5, 0.6) is 0 Å². The van der Waals surface area contributed by atoms with Gasteiger partial charge in [0.05, 0.1) is 17.8 Å². The van der Waals surface area contributed by atoms with Crippen molar-refractivity contribution < 1.29 is 9.63 Å². The Labute approximate surface area is 109 Å². The van der Waals surface area contributed by atoms with E-state index >= 15 is 0 Å². The van der Waals surface area contributed by atoms with Gasteiger partial charge in [-0.2, -0.15) is 0 Å². The Hall–Kier alpha value is -1.98. The molecular formula is C13H12N2O2S. The number of hydrogen-bond donors (Lipinski definition) is 1. The summed E-state index contributed by atoms with van der Waals surface area (Å²) in [6.07, 6.45) is 3.03. The summed E-state index contributed by atoms with van der Waals surface area (Å²) in [5, 5.41) is 1.86. The number of hydrogen-bond acceptors (Lipinski definition) is 4. The van der Waals surface area contributed by atoms with Gasteiger partial charge >= 0.3 is 0 Å². The molecule has 0 aliphatic heterocycles. The number of thiazole rings is 1. The number of nitrogens with one attached hydrogen (secondary N) is 1. The van der Waals surface area contributed by atoms with Crippen LogP contribution in [0.1, 0.15) is 11.3 Å². The van der Waals surface area contributed by atoms with Gasteiger partial charge in [0.2, 0.25) is 0 Å². The van der Waals surface area contributed by atoms with Crippen molar-refractivity contribution in [1.29, 1.82) is 0 Å². The lowest BCUT2D eigenvalue weighted by atomic mass is 10.2. The molecule has 2 rings (SSSR count). The van der Waals surface area contributed by atoms with Gasteiger partial charge in [-0.15, -0.1) is 11.3 Å². The number of amides is 1. The lowest BCUT2D eigenvalue weighted by Crippen LogP contribution is -2.21. The van der Waals surface area contributed by atoms with Crippen LogP contribution >= 0.6 is 11.3 Å². The second-order valence-corrected chi connectivity index (χ2v) is 4.21. The molecule has 0 spiro atoms. The predicted molar refractivity (Wildman–Crippen MR) is 70.5 cm³/mol. The van der Waals surface area contributed by atoms with Crippen LogP contribution in [-0.2, 0) is 16.2 Å². The van der Waals surface area contributed by atoms with Crippen molar-refractivity contribution in [1.82, 2.24) is 10.5 Å². The first kappa shape index (κ1) is 12.5. The van der Waals surface area contributed by atoms with E-state index < -0.39 is 0 Å². The molecule has 0 aliphatic carbocycles. The zero-order chi connectivity index (χ0) is 12.6. The molecule has 0 saturated heterocycles. The van der Waals surface area contributed by atoms with Gasteiger partial charge in [-0.05, 0) is 11.6 Å². The van der Waals surface area contributed by atoms with Crippen molar-refractivity contribution in [3.05, 3.63) is 58.6 Å². The Bertz CT molecular complexity index is 509. The Morgan fingerprint density at radius 3 is 2.94 bits per heavy atom. The average Bonchev–Trinajstić information content (AvgIpc) is 2.91. The van der Waals surface area contributed by atoms with Crippen LogP contribution in [0.3, 0.4) is 0 Å². The maximum atomic E-state index is 11.4. The number of rotatable bonds is 5. The zero-order valence-corrected chi connectivity index (χ0v) is 10.4. The lowest BCUT2D eigenvalue weighted by Gasteiger charge is -2.02. The summed E-state index contributed by atoms with van der Waals surface area (Å²) in [6.45, 7) is 0.344. The molecule has 0 bridgehead atoms. The van der Waals surface area contributed by atoms with Crippen LogP contribution in [0, 0.1) is 0 Å². The van der Waals surface area contributed by atoms with Crippen LogP contribution in [0.2, 0.25) is 0 Å². The van der Waals surface area contributed by atoms with Crippen molar-refractivity contribution in [2.45, 2.75) is 6.61 Å². The molecule has 92 valence electrons. The van der Waals surface area contributed by atoms with Gasteiger partial charge in [-0.25, -0.2) is 10.5 Å². The van der Waals surface area contributed by atoms with Crippen LogP contribution in [0.25, 0.3) is 6.08 Å². The normalized spacial score (nSPS) is 10.7. The third-order valence-corrected chi connectivity index (χ3v) is 2.72. The molecule has 18 heavy (non-hydrogen) atoms. The van der Waals surface area contributed by atoms with Gasteiger partial charge in [-0.3, -0.25) is 9.63 Å². The Morgan fingerprint density at radius 2 is 2.22 bits per heavy atom. The Kier molecular flexibility index (Phi) is 4.63. The topological polar surface area (TPSA) is 51.2 Å². The molecule has 5 heteroatoms. The molecule has 1 amide bonds. The minimum Gasteiger partial charge on any atom is -0.269 e. The second-order valence-electron chi connectivity index (χ2n) is 3.49. The Balaban J connectivity index is 1.72. The van der Waals surface area contributed by atoms with E-state index in [0.29, 0.717) is 6.61 Å². The highest BCUT2D eigenvalue weighted by Crippen LogP contribution is 2.02. The van der Waals surface area contributed by atoms with Gasteiger partial charge in [0.25, 0.3) is 5.91 Å². The van der Waals surface area contributed by atoms with E-state index in [0.717, 1.165) is 11.3 Å². The highest BCUT2D eigenvalue weighted by atomic mass is 32.1. The Morgan fingerprint density at radius 1 is 1.39 bits per heavy atom. The first-order chi connectivity index (χ1) is 8.84. The fourth-order valence-corrected chi connectivity index (χ4v) is 1.79. The molecule has 0 atom stereocenters. The van der Waals surface area contributed by atoms with E-state index in [1.165, 1.54) is 17.4 Å². The van der Waals surface area contributed by atoms with Crippen molar-refractivity contribution in [3.8, 4) is 0 Å². The minimum absolute atomic E-state index is 0.307. The largest absolute Gasteiger partial charge is 0.269 e. The monoisotopic (exact) mass is 260 g/mol. The standard InChI is InChI=1S/C13H12N2O2S/c16-13(7-6-12-9-18-10-14-12)15-17-8-11-4-2-1-3-5-11/h1-7,9-10H,8H2,(H,15,16)/b7-6+. The summed E-state index contributed by atoms with van der Waals surface area (Å²) in [6, 6.07) is 9.62. The van der Waals surface area contributed by atoms with Gasteiger partial charge < -0.3 is 0 Å². The summed E-state index contributed by atoms with van der Waals surface area (Å²) in [5.74, 6) is -0.307. The molecule has 0 aliphatic rings. The minimum atomic E-state index is -0.307. The quantitative estimate of drug-likeness (QED) is 0.663. The van der Waals surface area contributed by atoms with Crippen LogP contribution < -0.4 is 5.48 Å². The first-order valence-corrected chi connectivity index (χ1v) is 6.31. The van der Waals surface area contributed by atoms with Crippen LogP contribution in [-0.4, -0.2) is 10.9 Å². The highest BCUT2D eigenvalue weighted by molar-refractivity contribution is 7.07. The van der Waals surface area contributed by atoms with Crippen molar-refractivity contribution in [2.75, 3.05) is 0 Å². The maximum absolute atomic E-state index is 11.4. The van der Waals surface area contributed by atoms with E-state index in [1.807, 2.05) is 35.7 Å². The van der Waals surface area contributed by atoms with Crippen LogP contribution in [0.4, 0.5) is 0 Å². The molecule has 4 nitrogen and oxygen atoms in total. The number of benzene rings is 1. The van der Waals surface area contributed by atoms with Crippen molar-refractivity contribution in [3.63, 3.8) is 0 Å². The second kappa shape index (κ2) is 6.68. The maximum Gasteiger partial charge on any atom is 0.267 e. The molecule has 1 aromatic heterocycles. The van der Waals surface area contributed by atoms with Crippen molar-refractivity contribution >= 4 is 23.3 Å². The van der Waals surface area contributed by atoms with E-state index in [-0.39, 0.29) is 5.91 Å². The SMILES string of the molecule is O=C(/C=C/c1cscn1)NOCc1ccccc1. The van der Waals surface area contributed by atoms with Gasteiger partial charge in [0.15, 0.2) is 0 Å². The van der Waals surface area contributed by atoms with E-state index in [9.17, 15) is 4.79 Å². The van der Waals surface area contributed by atoms with Crippen molar-refractivity contribution in [2.24, 2.45) is 0 Å². The van der Waals surface area contributed by atoms with E-state index in [4.69, 9.17) is 4.84 Å². The number of carbonyl (C=O) groups excluding carboxylic acids is 1. The summed E-state index contributed by atoms with van der Waals surface area (Å²) in [7, 11) is 0. The fraction of sp³-hybridized carbons (Fsp3) is 0.0769. The molecule has 2 aromatic rings. The van der Waals surface area contributed by atoms with Gasteiger partial charge in [-0.1, -0.05) is 30.3 Å². The average molecular weight is 260 g/mol. The third-order valence-electron chi connectivity index (χ3n) is 2.11. The van der Waals surface area contributed by atoms with Gasteiger partial charge in [0.1, 0.15) is 0 Å². The fourth-order valence-electron chi connectivity index (χ4n) is 1.26. The summed E-state index contributed by atoms with van der Waals surface area (Å²) in [5.41, 5.74) is 5.82. The molecule has 0 radical (unpaired) electrons. The summed E-state index contributed by atoms with van der Waals surface area (Å²) < 4.78 is 0. The molecular weight excluding hydrogens is 248 g/mol.